The summed E-state index contributed by atoms with van der Waals surface area (Å²) >= 11 is 3.28. The molecule has 2 heterocycles. The summed E-state index contributed by atoms with van der Waals surface area (Å²) in [4.78, 5) is 8.24. The van der Waals surface area contributed by atoms with Crippen molar-refractivity contribution < 1.29 is 13.5 Å². The summed E-state index contributed by atoms with van der Waals surface area (Å²) in [6.45, 7) is 1.25. The van der Waals surface area contributed by atoms with Crippen LogP contribution in [-0.2, 0) is 0 Å². The Kier molecular flexibility index (Phi) is 3.51. The van der Waals surface area contributed by atoms with Gasteiger partial charge in [0.15, 0.2) is 0 Å². The fourth-order valence-electron chi connectivity index (χ4n) is 1.43. The minimum atomic E-state index is -2.49. The Balaban J connectivity index is 2.39. The van der Waals surface area contributed by atoms with Gasteiger partial charge in [-0.15, -0.1) is 0 Å². The first kappa shape index (κ1) is 12.2. The van der Waals surface area contributed by atoms with E-state index < -0.39 is 13.0 Å². The van der Waals surface area contributed by atoms with Crippen LogP contribution in [0.25, 0.3) is 10.9 Å². The van der Waals surface area contributed by atoms with Crippen LogP contribution in [-0.4, -0.2) is 23.0 Å². The summed E-state index contributed by atoms with van der Waals surface area (Å²) in [6.07, 6.45) is 0.609. The van der Waals surface area contributed by atoms with Gasteiger partial charge >= 0.3 is 0 Å². The summed E-state index contributed by atoms with van der Waals surface area (Å²) in [5.74, 6) is 0.332. The third-order valence-corrected chi connectivity index (χ3v) is 2.81. The molecule has 2 aromatic heterocycles. The second-order valence-electron chi connectivity index (χ2n) is 3.50. The van der Waals surface area contributed by atoms with E-state index in [0.717, 1.165) is 10.9 Å². The molecule has 0 unspecified atom stereocenters. The van der Waals surface area contributed by atoms with Crippen LogP contribution in [0.4, 0.5) is 8.78 Å². The van der Waals surface area contributed by atoms with Crippen molar-refractivity contribution in [1.82, 2.24) is 9.97 Å². The number of aryl methyl sites for hydroxylation is 1. The number of aromatic nitrogens is 2. The van der Waals surface area contributed by atoms with Gasteiger partial charge in [-0.1, -0.05) is 0 Å². The topological polar surface area (TPSA) is 35.0 Å². The van der Waals surface area contributed by atoms with E-state index in [0.29, 0.717) is 15.9 Å². The summed E-state index contributed by atoms with van der Waals surface area (Å²) in [7, 11) is 0. The molecule has 0 fully saturated rings. The number of fused-ring (bicyclic) bond motifs is 1. The fraction of sp³-hybridized carbons (Fsp3) is 0.273. The molecular formula is C11H9BrF2N2O. The third kappa shape index (κ3) is 2.69. The maximum absolute atomic E-state index is 12.0. The fourth-order valence-corrected chi connectivity index (χ4v) is 1.85. The molecule has 0 aliphatic carbocycles. The Hall–Kier alpha value is -1.30. The molecule has 0 amide bonds. The zero-order valence-corrected chi connectivity index (χ0v) is 10.5. The molecule has 0 saturated carbocycles. The van der Waals surface area contributed by atoms with E-state index in [1.165, 1.54) is 6.20 Å². The molecule has 90 valence electrons. The van der Waals surface area contributed by atoms with E-state index in [-0.39, 0.29) is 0 Å². The Morgan fingerprint density at radius 2 is 2.12 bits per heavy atom. The van der Waals surface area contributed by atoms with E-state index in [1.54, 1.807) is 12.3 Å². The Morgan fingerprint density at radius 3 is 2.82 bits per heavy atom. The molecule has 0 saturated heterocycles. The summed E-state index contributed by atoms with van der Waals surface area (Å²) in [5, 5.41) is 0.832. The highest BCUT2D eigenvalue weighted by molar-refractivity contribution is 9.10. The minimum Gasteiger partial charge on any atom is -0.486 e. The van der Waals surface area contributed by atoms with Gasteiger partial charge in [-0.05, 0) is 34.5 Å². The molecule has 2 rings (SSSR count). The molecule has 2 aromatic rings. The van der Waals surface area contributed by atoms with Crippen LogP contribution >= 0.6 is 15.9 Å². The molecule has 17 heavy (non-hydrogen) atoms. The Morgan fingerprint density at radius 1 is 1.35 bits per heavy atom. The second-order valence-corrected chi connectivity index (χ2v) is 4.25. The van der Waals surface area contributed by atoms with Crippen LogP contribution in [0, 0.1) is 6.92 Å². The Labute approximate surface area is 105 Å². The summed E-state index contributed by atoms with van der Waals surface area (Å²) < 4.78 is 29.6. The number of rotatable bonds is 3. The van der Waals surface area contributed by atoms with Gasteiger partial charge in [-0.25, -0.2) is 18.7 Å². The van der Waals surface area contributed by atoms with Gasteiger partial charge in [0, 0.05) is 11.6 Å². The van der Waals surface area contributed by atoms with E-state index >= 15 is 0 Å². The maximum atomic E-state index is 12.0. The third-order valence-electron chi connectivity index (χ3n) is 2.23. The number of hydrogen-bond acceptors (Lipinski definition) is 3. The van der Waals surface area contributed by atoms with Crippen molar-refractivity contribution in [2.24, 2.45) is 0 Å². The van der Waals surface area contributed by atoms with Crippen LogP contribution < -0.4 is 4.74 Å². The van der Waals surface area contributed by atoms with Crippen LogP contribution in [0.2, 0.25) is 0 Å². The largest absolute Gasteiger partial charge is 0.486 e. The van der Waals surface area contributed by atoms with E-state index in [9.17, 15) is 8.78 Å². The smallest absolute Gasteiger partial charge is 0.272 e. The van der Waals surface area contributed by atoms with Crippen molar-refractivity contribution in [2.45, 2.75) is 13.3 Å². The highest BCUT2D eigenvalue weighted by Gasteiger charge is 2.08. The van der Waals surface area contributed by atoms with Gasteiger partial charge in [-0.3, -0.25) is 0 Å². The van der Waals surface area contributed by atoms with Gasteiger partial charge in [-0.2, -0.15) is 0 Å². The molecule has 0 atom stereocenters. The van der Waals surface area contributed by atoms with E-state index in [1.807, 2.05) is 6.92 Å². The molecular weight excluding hydrogens is 294 g/mol. The van der Waals surface area contributed by atoms with E-state index in [4.69, 9.17) is 4.74 Å². The van der Waals surface area contributed by atoms with Gasteiger partial charge in [0.05, 0.1) is 6.20 Å². The Bertz CT molecular complexity index is 548. The molecule has 0 aromatic carbocycles. The molecule has 0 aliphatic heterocycles. The number of alkyl halides is 2. The van der Waals surface area contributed by atoms with Gasteiger partial charge < -0.3 is 4.74 Å². The molecule has 0 N–H and O–H groups in total. The number of hydrogen-bond donors (Lipinski definition) is 0. The van der Waals surface area contributed by atoms with Crippen LogP contribution in [0.15, 0.2) is 23.1 Å². The second kappa shape index (κ2) is 4.91. The van der Waals surface area contributed by atoms with Crippen LogP contribution in [0.1, 0.15) is 5.56 Å². The summed E-state index contributed by atoms with van der Waals surface area (Å²) in [5.41, 5.74) is 1.60. The van der Waals surface area contributed by atoms with Crippen molar-refractivity contribution in [1.29, 1.82) is 0 Å². The average molecular weight is 303 g/mol. The maximum Gasteiger partial charge on any atom is 0.272 e. The lowest BCUT2D eigenvalue weighted by atomic mass is 10.2. The summed E-state index contributed by atoms with van der Waals surface area (Å²) in [6, 6.07) is 1.69. The molecule has 0 spiro atoms. The molecule has 3 nitrogen and oxygen atoms in total. The lowest BCUT2D eigenvalue weighted by molar-refractivity contribution is 0.0818. The number of nitrogens with zero attached hydrogens (tertiary/aromatic N) is 2. The molecule has 0 bridgehead atoms. The first-order chi connectivity index (χ1) is 8.08. The molecule has 6 heteroatoms. The standard InChI is InChI=1S/C11H9BrF2N2O/c1-6-3-16-11(12)10-8(6)2-7(4-15-10)17-5-9(13)14/h2-4,9H,5H2,1H3. The first-order valence-corrected chi connectivity index (χ1v) is 5.69. The zero-order chi connectivity index (χ0) is 12.4. The SMILES string of the molecule is Cc1cnc(Br)c2ncc(OCC(F)F)cc12. The average Bonchev–Trinajstić information content (AvgIpc) is 2.31. The predicted octanol–water partition coefficient (Wildman–Crippen LogP) is 3.34. The minimum absolute atomic E-state index is 0.332. The van der Waals surface area contributed by atoms with Crippen molar-refractivity contribution in [2.75, 3.05) is 6.61 Å². The monoisotopic (exact) mass is 302 g/mol. The number of halogens is 3. The van der Waals surface area contributed by atoms with Crippen LogP contribution in [0.5, 0.6) is 5.75 Å². The lowest BCUT2D eigenvalue weighted by Crippen LogP contribution is -2.07. The first-order valence-electron chi connectivity index (χ1n) is 4.89. The van der Waals surface area contributed by atoms with Gasteiger partial charge in [0.1, 0.15) is 22.5 Å². The quantitative estimate of drug-likeness (QED) is 0.816. The number of pyridine rings is 2. The highest BCUT2D eigenvalue weighted by Crippen LogP contribution is 2.25. The van der Waals surface area contributed by atoms with Gasteiger partial charge in [0.2, 0.25) is 0 Å². The van der Waals surface area contributed by atoms with Gasteiger partial charge in [0.25, 0.3) is 6.43 Å². The predicted molar refractivity (Wildman–Crippen MR) is 63.5 cm³/mol. The van der Waals surface area contributed by atoms with E-state index in [2.05, 4.69) is 25.9 Å². The highest BCUT2D eigenvalue weighted by atomic mass is 79.9. The molecule has 0 radical (unpaired) electrons. The van der Waals surface area contributed by atoms with Crippen molar-refractivity contribution >= 4 is 26.8 Å². The van der Waals surface area contributed by atoms with Crippen LogP contribution in [0.3, 0.4) is 0 Å². The van der Waals surface area contributed by atoms with Crippen molar-refractivity contribution in [3.8, 4) is 5.75 Å². The number of ether oxygens (including phenoxy) is 1. The lowest BCUT2D eigenvalue weighted by Gasteiger charge is -2.07. The normalized spacial score (nSPS) is 11.1. The zero-order valence-electron chi connectivity index (χ0n) is 8.95. The van der Waals surface area contributed by atoms with Crippen molar-refractivity contribution in [3.63, 3.8) is 0 Å². The molecule has 0 aliphatic rings. The van der Waals surface area contributed by atoms with Crippen molar-refractivity contribution in [3.05, 3.63) is 28.6 Å².